The van der Waals surface area contributed by atoms with Gasteiger partial charge in [-0.2, -0.15) is 5.10 Å². The van der Waals surface area contributed by atoms with Crippen LogP contribution in [-0.4, -0.2) is 72.6 Å². The van der Waals surface area contributed by atoms with Crippen LogP contribution in [0.5, 0.6) is 0 Å². The largest absolute Gasteiger partial charge is 0.379 e. The Balaban J connectivity index is 1.96. The molecule has 1 aromatic heterocycles. The van der Waals surface area contributed by atoms with Crippen LogP contribution in [0.1, 0.15) is 50.6 Å². The van der Waals surface area contributed by atoms with Crippen molar-refractivity contribution >= 4 is 5.96 Å². The van der Waals surface area contributed by atoms with Crippen molar-refractivity contribution in [1.29, 1.82) is 0 Å². The fraction of sp³-hybridized carbons (Fsp3) is 0.818. The second kappa shape index (κ2) is 11.6. The highest BCUT2D eigenvalue weighted by Gasteiger charge is 2.27. The van der Waals surface area contributed by atoms with E-state index >= 15 is 0 Å². The Kier molecular flexibility index (Phi) is 9.43. The van der Waals surface area contributed by atoms with Gasteiger partial charge < -0.3 is 15.4 Å². The van der Waals surface area contributed by atoms with E-state index in [1.807, 2.05) is 18.8 Å². The molecular weight excluding hydrogens is 364 g/mol. The van der Waals surface area contributed by atoms with E-state index in [0.717, 1.165) is 50.9 Å². The molecule has 2 rings (SSSR count). The van der Waals surface area contributed by atoms with Gasteiger partial charge in [0.15, 0.2) is 5.96 Å². The summed E-state index contributed by atoms with van der Waals surface area (Å²) in [6.45, 7) is 15.7. The van der Waals surface area contributed by atoms with Crippen LogP contribution >= 0.6 is 0 Å². The normalized spacial score (nSPS) is 18.1. The van der Waals surface area contributed by atoms with Gasteiger partial charge in [0, 0.05) is 51.5 Å². The molecule has 0 aliphatic carbocycles. The molecule has 1 saturated heterocycles. The van der Waals surface area contributed by atoms with Crippen molar-refractivity contribution in [2.24, 2.45) is 18.0 Å². The minimum Gasteiger partial charge on any atom is -0.379 e. The highest BCUT2D eigenvalue weighted by Crippen LogP contribution is 2.19. The molecule has 7 nitrogen and oxygen atoms in total. The van der Waals surface area contributed by atoms with Crippen molar-refractivity contribution < 1.29 is 4.74 Å². The van der Waals surface area contributed by atoms with Gasteiger partial charge in [-0.05, 0) is 38.7 Å². The average Bonchev–Trinajstić information content (AvgIpc) is 2.96. The van der Waals surface area contributed by atoms with Crippen LogP contribution in [-0.2, 0) is 18.2 Å². The van der Waals surface area contributed by atoms with Gasteiger partial charge in [-0.15, -0.1) is 0 Å². The van der Waals surface area contributed by atoms with E-state index in [4.69, 9.17) is 4.74 Å². The van der Waals surface area contributed by atoms with Crippen molar-refractivity contribution in [1.82, 2.24) is 25.3 Å². The number of hydrogen-bond acceptors (Lipinski definition) is 4. The topological polar surface area (TPSA) is 66.7 Å². The first-order valence-electron chi connectivity index (χ1n) is 11.2. The molecule has 7 heteroatoms. The van der Waals surface area contributed by atoms with Crippen molar-refractivity contribution in [3.05, 3.63) is 17.0 Å². The smallest absolute Gasteiger partial charge is 0.191 e. The summed E-state index contributed by atoms with van der Waals surface area (Å²) in [6, 6.07) is 0.781. The van der Waals surface area contributed by atoms with Gasteiger partial charge >= 0.3 is 0 Å². The summed E-state index contributed by atoms with van der Waals surface area (Å²) in [6.07, 6.45) is 3.33. The van der Waals surface area contributed by atoms with Crippen LogP contribution in [0, 0.1) is 19.8 Å². The first-order chi connectivity index (χ1) is 13.9. The number of aromatic nitrogens is 2. The zero-order valence-corrected chi connectivity index (χ0v) is 19.6. The Morgan fingerprint density at radius 1 is 1.21 bits per heavy atom. The maximum absolute atomic E-state index is 5.57. The van der Waals surface area contributed by atoms with E-state index in [-0.39, 0.29) is 6.04 Å². The number of rotatable bonds is 9. The molecule has 2 atom stereocenters. The molecule has 0 amide bonds. The molecule has 1 fully saturated rings. The zero-order valence-electron chi connectivity index (χ0n) is 19.6. The van der Waals surface area contributed by atoms with Crippen LogP contribution in [0.2, 0.25) is 0 Å². The van der Waals surface area contributed by atoms with Gasteiger partial charge in [0.2, 0.25) is 0 Å². The quantitative estimate of drug-likeness (QED) is 0.486. The van der Waals surface area contributed by atoms with Crippen LogP contribution in [0.3, 0.4) is 0 Å². The first kappa shape index (κ1) is 23.7. The molecule has 2 heterocycles. The Labute approximate surface area is 177 Å². The van der Waals surface area contributed by atoms with E-state index in [1.165, 1.54) is 24.1 Å². The summed E-state index contributed by atoms with van der Waals surface area (Å²) in [4.78, 5) is 7.07. The molecule has 166 valence electrons. The third-order valence-electron chi connectivity index (χ3n) is 6.36. The van der Waals surface area contributed by atoms with Crippen molar-refractivity contribution in [3.63, 3.8) is 0 Å². The van der Waals surface area contributed by atoms with Gasteiger partial charge in [-0.1, -0.05) is 26.7 Å². The Morgan fingerprint density at radius 3 is 2.38 bits per heavy atom. The first-order valence-corrected chi connectivity index (χ1v) is 11.2. The van der Waals surface area contributed by atoms with Crippen LogP contribution in [0.25, 0.3) is 0 Å². The third kappa shape index (κ3) is 6.44. The average molecular weight is 407 g/mol. The molecule has 2 unspecified atom stereocenters. The molecule has 0 aromatic carbocycles. The maximum atomic E-state index is 5.57. The van der Waals surface area contributed by atoms with E-state index in [2.05, 4.69) is 60.2 Å². The van der Waals surface area contributed by atoms with Crippen LogP contribution in [0.15, 0.2) is 4.99 Å². The number of guanidine groups is 1. The highest BCUT2D eigenvalue weighted by atomic mass is 16.5. The fourth-order valence-electron chi connectivity index (χ4n) is 4.44. The van der Waals surface area contributed by atoms with Crippen LogP contribution in [0.4, 0.5) is 0 Å². The lowest BCUT2D eigenvalue weighted by atomic mass is 9.92. The number of aliphatic imine (C=N–C) groups is 1. The second-order valence-corrected chi connectivity index (χ2v) is 8.27. The van der Waals surface area contributed by atoms with Crippen molar-refractivity contribution in [2.75, 3.05) is 39.9 Å². The summed E-state index contributed by atoms with van der Waals surface area (Å²) in [5.74, 6) is 1.55. The summed E-state index contributed by atoms with van der Waals surface area (Å²) >= 11 is 0. The van der Waals surface area contributed by atoms with Crippen molar-refractivity contribution in [3.8, 4) is 0 Å². The van der Waals surface area contributed by atoms with Crippen LogP contribution < -0.4 is 10.6 Å². The van der Waals surface area contributed by atoms with E-state index < -0.39 is 0 Å². The van der Waals surface area contributed by atoms with Gasteiger partial charge in [0.05, 0.1) is 18.9 Å². The lowest BCUT2D eigenvalue weighted by molar-refractivity contribution is 0.00271. The lowest BCUT2D eigenvalue weighted by Crippen LogP contribution is -2.54. The summed E-state index contributed by atoms with van der Waals surface area (Å²) < 4.78 is 7.53. The molecule has 1 aromatic rings. The minimum atomic E-state index is 0.276. The maximum Gasteiger partial charge on any atom is 0.191 e. The number of ether oxygens (including phenoxy) is 1. The molecule has 2 N–H and O–H groups in total. The number of aryl methyl sites for hydroxylation is 2. The SMILES string of the molecule is CCC(CC)C(CNC(=NC)NC(C)Cc1c(C)nn(C)c1C)N1CCOCC1. The number of morpholine rings is 1. The lowest BCUT2D eigenvalue weighted by Gasteiger charge is -2.39. The fourth-order valence-corrected chi connectivity index (χ4v) is 4.44. The van der Waals surface area contributed by atoms with Gasteiger partial charge in [-0.25, -0.2) is 0 Å². The number of nitrogens with zero attached hydrogens (tertiary/aromatic N) is 4. The highest BCUT2D eigenvalue weighted by molar-refractivity contribution is 5.80. The Morgan fingerprint density at radius 2 is 1.86 bits per heavy atom. The summed E-state index contributed by atoms with van der Waals surface area (Å²) in [7, 11) is 3.86. The third-order valence-corrected chi connectivity index (χ3v) is 6.36. The van der Waals surface area contributed by atoms with Gasteiger partial charge in [-0.3, -0.25) is 14.6 Å². The molecule has 1 aliphatic heterocycles. The van der Waals surface area contributed by atoms with Gasteiger partial charge in [0.25, 0.3) is 0 Å². The second-order valence-electron chi connectivity index (χ2n) is 8.27. The predicted molar refractivity (Wildman–Crippen MR) is 121 cm³/mol. The number of hydrogen-bond donors (Lipinski definition) is 2. The molecule has 29 heavy (non-hydrogen) atoms. The Hall–Kier alpha value is -1.60. The summed E-state index contributed by atoms with van der Waals surface area (Å²) in [5, 5.41) is 11.7. The molecule has 0 radical (unpaired) electrons. The monoisotopic (exact) mass is 406 g/mol. The molecule has 0 spiro atoms. The van der Waals surface area contributed by atoms with E-state index in [1.54, 1.807) is 0 Å². The van der Waals surface area contributed by atoms with E-state index in [9.17, 15) is 0 Å². The summed E-state index contributed by atoms with van der Waals surface area (Å²) in [5.41, 5.74) is 3.68. The van der Waals surface area contributed by atoms with Crippen molar-refractivity contribution in [2.45, 2.75) is 66.0 Å². The standard InChI is InChI=1S/C22H42N6O/c1-8-19(9-2)21(28-10-12-29-13-11-28)15-24-22(23-6)25-16(3)14-20-17(4)26-27(7)18(20)5/h16,19,21H,8-15H2,1-7H3,(H2,23,24,25). The van der Waals surface area contributed by atoms with Gasteiger partial charge in [0.1, 0.15) is 0 Å². The number of nitrogens with one attached hydrogen (secondary N) is 2. The van der Waals surface area contributed by atoms with E-state index in [0.29, 0.717) is 12.0 Å². The molecular formula is C22H42N6O. The predicted octanol–water partition coefficient (Wildman–Crippen LogP) is 2.27. The molecule has 0 saturated carbocycles. The zero-order chi connectivity index (χ0) is 21.4. The Bertz CT molecular complexity index is 646. The molecule has 1 aliphatic rings. The minimum absolute atomic E-state index is 0.276. The molecule has 0 bridgehead atoms.